The van der Waals surface area contributed by atoms with E-state index >= 15 is 0 Å². The summed E-state index contributed by atoms with van der Waals surface area (Å²) in [6.07, 6.45) is 1.07. The van der Waals surface area contributed by atoms with Crippen molar-refractivity contribution < 1.29 is 0 Å². The first-order valence-corrected chi connectivity index (χ1v) is 4.65. The molecule has 2 heteroatoms. The highest BCUT2D eigenvalue weighted by Gasteiger charge is 2.04. The smallest absolute Gasteiger partial charge is 0.0550 e. The SMILES string of the molecule is Cc1cc(N)c(N)cc1CC(C)C. The van der Waals surface area contributed by atoms with Gasteiger partial charge in [0.15, 0.2) is 0 Å². The van der Waals surface area contributed by atoms with E-state index in [9.17, 15) is 0 Å². The second-order valence-corrected chi connectivity index (χ2v) is 4.01. The van der Waals surface area contributed by atoms with Crippen molar-refractivity contribution >= 4 is 11.4 Å². The first kappa shape index (κ1) is 9.90. The van der Waals surface area contributed by atoms with Crippen molar-refractivity contribution in [3.05, 3.63) is 23.3 Å². The number of benzene rings is 1. The predicted molar refractivity (Wildman–Crippen MR) is 58.5 cm³/mol. The van der Waals surface area contributed by atoms with Crippen LogP contribution >= 0.6 is 0 Å². The number of nitrogen functional groups attached to an aromatic ring is 2. The van der Waals surface area contributed by atoms with Crippen molar-refractivity contribution in [1.29, 1.82) is 0 Å². The van der Waals surface area contributed by atoms with Gasteiger partial charge < -0.3 is 11.5 Å². The molecule has 1 aromatic rings. The minimum Gasteiger partial charge on any atom is -0.397 e. The summed E-state index contributed by atoms with van der Waals surface area (Å²) in [6, 6.07) is 3.94. The fraction of sp³-hybridized carbons (Fsp3) is 0.455. The molecule has 4 N–H and O–H groups in total. The van der Waals surface area contributed by atoms with Crippen LogP contribution in [0.3, 0.4) is 0 Å². The van der Waals surface area contributed by atoms with E-state index in [1.807, 2.05) is 12.1 Å². The van der Waals surface area contributed by atoms with Gasteiger partial charge in [-0.15, -0.1) is 0 Å². The van der Waals surface area contributed by atoms with Crippen molar-refractivity contribution in [2.45, 2.75) is 27.2 Å². The number of nitrogens with two attached hydrogens (primary N) is 2. The van der Waals surface area contributed by atoms with Crippen molar-refractivity contribution in [1.82, 2.24) is 0 Å². The molecule has 0 spiro atoms. The van der Waals surface area contributed by atoms with E-state index in [0.717, 1.165) is 6.42 Å². The average molecular weight is 178 g/mol. The Morgan fingerprint density at radius 2 is 1.69 bits per heavy atom. The summed E-state index contributed by atoms with van der Waals surface area (Å²) >= 11 is 0. The molecule has 0 bridgehead atoms. The summed E-state index contributed by atoms with van der Waals surface area (Å²) in [5.41, 5.74) is 15.4. The molecule has 0 radical (unpaired) electrons. The van der Waals surface area contributed by atoms with Gasteiger partial charge in [0.05, 0.1) is 11.4 Å². The Labute approximate surface area is 79.9 Å². The van der Waals surface area contributed by atoms with Gasteiger partial charge in [-0.25, -0.2) is 0 Å². The molecule has 0 aromatic heterocycles. The van der Waals surface area contributed by atoms with Gasteiger partial charge in [0.25, 0.3) is 0 Å². The van der Waals surface area contributed by atoms with E-state index in [0.29, 0.717) is 17.3 Å². The Kier molecular flexibility index (Phi) is 2.81. The molecule has 1 rings (SSSR count). The number of hydrogen-bond acceptors (Lipinski definition) is 2. The Balaban J connectivity index is 3.01. The Morgan fingerprint density at radius 3 is 2.23 bits per heavy atom. The molecule has 2 nitrogen and oxygen atoms in total. The molecule has 72 valence electrons. The monoisotopic (exact) mass is 178 g/mol. The molecule has 0 saturated carbocycles. The van der Waals surface area contributed by atoms with Crippen molar-refractivity contribution in [3.63, 3.8) is 0 Å². The van der Waals surface area contributed by atoms with Gasteiger partial charge >= 0.3 is 0 Å². The maximum atomic E-state index is 5.74. The lowest BCUT2D eigenvalue weighted by molar-refractivity contribution is 0.645. The predicted octanol–water partition coefficient (Wildman–Crippen LogP) is 2.36. The molecule has 1 aromatic carbocycles. The van der Waals surface area contributed by atoms with Crippen molar-refractivity contribution in [2.24, 2.45) is 5.92 Å². The molecular weight excluding hydrogens is 160 g/mol. The first-order chi connectivity index (χ1) is 6.00. The second kappa shape index (κ2) is 3.69. The molecule has 0 fully saturated rings. The third kappa shape index (κ3) is 2.38. The summed E-state index contributed by atoms with van der Waals surface area (Å²) in [6.45, 7) is 6.48. The van der Waals surface area contributed by atoms with E-state index < -0.39 is 0 Å². The van der Waals surface area contributed by atoms with E-state index in [-0.39, 0.29) is 0 Å². The van der Waals surface area contributed by atoms with Gasteiger partial charge in [0.1, 0.15) is 0 Å². The van der Waals surface area contributed by atoms with Crippen LogP contribution in [-0.4, -0.2) is 0 Å². The molecule has 0 heterocycles. The van der Waals surface area contributed by atoms with E-state index in [2.05, 4.69) is 20.8 Å². The maximum Gasteiger partial charge on any atom is 0.0550 e. The van der Waals surface area contributed by atoms with Crippen LogP contribution in [0.5, 0.6) is 0 Å². The van der Waals surface area contributed by atoms with Crippen LogP contribution < -0.4 is 11.5 Å². The first-order valence-electron chi connectivity index (χ1n) is 4.65. The van der Waals surface area contributed by atoms with Crippen LogP contribution in [-0.2, 0) is 6.42 Å². The number of hydrogen-bond donors (Lipinski definition) is 2. The van der Waals surface area contributed by atoms with Crippen LogP contribution in [0.1, 0.15) is 25.0 Å². The lowest BCUT2D eigenvalue weighted by Crippen LogP contribution is -2.01. The fourth-order valence-corrected chi connectivity index (χ4v) is 1.45. The number of anilines is 2. The zero-order valence-corrected chi connectivity index (χ0v) is 8.59. The largest absolute Gasteiger partial charge is 0.397 e. The summed E-state index contributed by atoms with van der Waals surface area (Å²) in [4.78, 5) is 0. The normalized spacial score (nSPS) is 10.8. The molecule has 13 heavy (non-hydrogen) atoms. The zero-order chi connectivity index (χ0) is 10.0. The summed E-state index contributed by atoms with van der Waals surface area (Å²) in [5.74, 6) is 0.654. The number of rotatable bonds is 2. The van der Waals surface area contributed by atoms with Gasteiger partial charge in [-0.2, -0.15) is 0 Å². The molecule has 0 aliphatic rings. The van der Waals surface area contributed by atoms with Crippen LogP contribution in [0.15, 0.2) is 12.1 Å². The Bertz CT molecular complexity index is 303. The molecule has 0 atom stereocenters. The van der Waals surface area contributed by atoms with Gasteiger partial charge in [-0.05, 0) is 42.5 Å². The minimum absolute atomic E-state index is 0.654. The van der Waals surface area contributed by atoms with Crippen LogP contribution in [0.4, 0.5) is 11.4 Å². The van der Waals surface area contributed by atoms with Crippen LogP contribution in [0.25, 0.3) is 0 Å². The Hall–Kier alpha value is -1.18. The highest BCUT2D eigenvalue weighted by atomic mass is 14.7. The average Bonchev–Trinajstić information content (AvgIpc) is 1.99. The van der Waals surface area contributed by atoms with Crippen LogP contribution in [0, 0.1) is 12.8 Å². The summed E-state index contributed by atoms with van der Waals surface area (Å²) in [7, 11) is 0. The zero-order valence-electron chi connectivity index (χ0n) is 8.59. The topological polar surface area (TPSA) is 52.0 Å². The van der Waals surface area contributed by atoms with Gasteiger partial charge in [0.2, 0.25) is 0 Å². The molecular formula is C11H18N2. The standard InChI is InChI=1S/C11H18N2/c1-7(2)4-9-6-11(13)10(12)5-8(9)3/h5-7H,4,12-13H2,1-3H3. The Morgan fingerprint density at radius 1 is 1.15 bits per heavy atom. The van der Waals surface area contributed by atoms with Gasteiger partial charge in [0, 0.05) is 0 Å². The summed E-state index contributed by atoms with van der Waals surface area (Å²) in [5, 5.41) is 0. The molecule has 0 unspecified atom stereocenters. The lowest BCUT2D eigenvalue weighted by Gasteiger charge is -2.11. The molecule has 0 aliphatic heterocycles. The second-order valence-electron chi connectivity index (χ2n) is 4.01. The third-order valence-corrected chi connectivity index (χ3v) is 2.17. The van der Waals surface area contributed by atoms with Gasteiger partial charge in [-0.3, -0.25) is 0 Å². The molecule has 0 saturated heterocycles. The van der Waals surface area contributed by atoms with Gasteiger partial charge in [-0.1, -0.05) is 13.8 Å². The molecule has 0 aliphatic carbocycles. The summed E-state index contributed by atoms with van der Waals surface area (Å²) < 4.78 is 0. The van der Waals surface area contributed by atoms with E-state index in [1.54, 1.807) is 0 Å². The van der Waals surface area contributed by atoms with Crippen molar-refractivity contribution in [2.75, 3.05) is 11.5 Å². The highest BCUT2D eigenvalue weighted by Crippen LogP contribution is 2.22. The van der Waals surface area contributed by atoms with E-state index in [1.165, 1.54) is 11.1 Å². The highest BCUT2D eigenvalue weighted by molar-refractivity contribution is 5.65. The lowest BCUT2D eigenvalue weighted by atomic mass is 9.97. The van der Waals surface area contributed by atoms with E-state index in [4.69, 9.17) is 11.5 Å². The third-order valence-electron chi connectivity index (χ3n) is 2.17. The minimum atomic E-state index is 0.654. The quantitative estimate of drug-likeness (QED) is 0.683. The fourth-order valence-electron chi connectivity index (χ4n) is 1.45. The molecule has 0 amide bonds. The number of aryl methyl sites for hydroxylation is 1. The maximum absolute atomic E-state index is 5.74. The van der Waals surface area contributed by atoms with Crippen LogP contribution in [0.2, 0.25) is 0 Å². The van der Waals surface area contributed by atoms with Crippen molar-refractivity contribution in [3.8, 4) is 0 Å².